The van der Waals surface area contributed by atoms with E-state index in [0.717, 1.165) is 5.56 Å². The van der Waals surface area contributed by atoms with Gasteiger partial charge in [0, 0.05) is 17.6 Å². The number of hydrogen-bond acceptors (Lipinski definition) is 9. The van der Waals surface area contributed by atoms with E-state index in [4.69, 9.17) is 25.6 Å². The molecule has 0 bridgehead atoms. The molecule has 0 spiro atoms. The second-order valence-electron chi connectivity index (χ2n) is 6.80. The standard InChI is InChI=1S/C18H16ClN7O4/c1-25-15-16(22-24-25)20-10-26(17(15)27)9-14-21-13(23-30-14)8-18(28-6-7-29-18)11-2-4-12(19)5-3-11/h2-5,10H,6-9H2,1H3. The van der Waals surface area contributed by atoms with Crippen LogP contribution in [0.25, 0.3) is 11.2 Å². The third-order valence-electron chi connectivity index (χ3n) is 4.84. The number of benzene rings is 1. The van der Waals surface area contributed by atoms with E-state index in [0.29, 0.717) is 29.6 Å². The van der Waals surface area contributed by atoms with Gasteiger partial charge < -0.3 is 14.0 Å². The summed E-state index contributed by atoms with van der Waals surface area (Å²) in [7, 11) is 1.63. The predicted molar refractivity (Wildman–Crippen MR) is 103 cm³/mol. The SMILES string of the molecule is Cn1nnc2ncn(Cc3nc(CC4(c5ccc(Cl)cc5)OCCO4)no3)c(=O)c21. The van der Waals surface area contributed by atoms with E-state index in [2.05, 4.69) is 25.4 Å². The molecule has 0 saturated carbocycles. The minimum absolute atomic E-state index is 0.0651. The van der Waals surface area contributed by atoms with E-state index in [9.17, 15) is 4.79 Å². The van der Waals surface area contributed by atoms with Crippen LogP contribution in [0, 0.1) is 0 Å². The molecule has 1 aromatic carbocycles. The maximum atomic E-state index is 12.6. The lowest BCUT2D eigenvalue weighted by Crippen LogP contribution is -2.30. The molecule has 4 aromatic rings. The third kappa shape index (κ3) is 3.26. The Balaban J connectivity index is 1.40. The van der Waals surface area contributed by atoms with Crippen LogP contribution < -0.4 is 5.56 Å². The number of ether oxygens (including phenoxy) is 2. The first-order valence-electron chi connectivity index (χ1n) is 9.14. The monoisotopic (exact) mass is 429 g/mol. The van der Waals surface area contributed by atoms with E-state index in [1.807, 2.05) is 12.1 Å². The quantitative estimate of drug-likeness (QED) is 0.458. The summed E-state index contributed by atoms with van der Waals surface area (Å²) in [6, 6.07) is 7.23. The van der Waals surface area contributed by atoms with Gasteiger partial charge in [-0.25, -0.2) is 9.67 Å². The largest absolute Gasteiger partial charge is 0.343 e. The Morgan fingerprint density at radius 3 is 2.73 bits per heavy atom. The van der Waals surface area contributed by atoms with Crippen molar-refractivity contribution in [2.24, 2.45) is 7.05 Å². The Bertz CT molecular complexity index is 1260. The van der Waals surface area contributed by atoms with Crippen molar-refractivity contribution in [1.82, 2.24) is 34.7 Å². The van der Waals surface area contributed by atoms with Gasteiger partial charge in [0.2, 0.25) is 17.3 Å². The number of rotatable bonds is 5. The van der Waals surface area contributed by atoms with Gasteiger partial charge >= 0.3 is 0 Å². The molecule has 1 aliphatic heterocycles. The van der Waals surface area contributed by atoms with Crippen LogP contribution in [-0.2, 0) is 35.3 Å². The van der Waals surface area contributed by atoms with Crippen molar-refractivity contribution in [1.29, 1.82) is 0 Å². The first-order chi connectivity index (χ1) is 14.5. The highest BCUT2D eigenvalue weighted by molar-refractivity contribution is 6.30. The Kier molecular flexibility index (Phi) is 4.57. The fourth-order valence-corrected chi connectivity index (χ4v) is 3.53. The highest BCUT2D eigenvalue weighted by Gasteiger charge is 2.40. The second kappa shape index (κ2) is 7.27. The maximum Gasteiger partial charge on any atom is 0.281 e. The van der Waals surface area contributed by atoms with E-state index >= 15 is 0 Å². The van der Waals surface area contributed by atoms with Crippen molar-refractivity contribution in [3.8, 4) is 0 Å². The van der Waals surface area contributed by atoms with Gasteiger partial charge in [-0.2, -0.15) is 4.98 Å². The van der Waals surface area contributed by atoms with E-state index < -0.39 is 5.79 Å². The zero-order valence-corrected chi connectivity index (χ0v) is 16.6. The number of fused-ring (bicyclic) bond motifs is 1. The van der Waals surface area contributed by atoms with Crippen LogP contribution in [0.5, 0.6) is 0 Å². The number of hydrogen-bond donors (Lipinski definition) is 0. The van der Waals surface area contributed by atoms with Gasteiger partial charge in [0.05, 0.1) is 19.6 Å². The molecular formula is C18H16ClN7O4. The molecular weight excluding hydrogens is 414 g/mol. The first-order valence-corrected chi connectivity index (χ1v) is 9.52. The Hall–Kier alpha value is -3.15. The molecule has 0 amide bonds. The van der Waals surface area contributed by atoms with Crippen molar-refractivity contribution < 1.29 is 14.0 Å². The van der Waals surface area contributed by atoms with Gasteiger partial charge in [-0.1, -0.05) is 34.1 Å². The van der Waals surface area contributed by atoms with Gasteiger partial charge in [0.25, 0.3) is 5.56 Å². The molecule has 0 unspecified atom stereocenters. The number of nitrogens with zero attached hydrogens (tertiary/aromatic N) is 7. The van der Waals surface area contributed by atoms with E-state index in [1.165, 1.54) is 15.6 Å². The highest BCUT2D eigenvalue weighted by Crippen LogP contribution is 2.35. The average molecular weight is 430 g/mol. The van der Waals surface area contributed by atoms with Crippen molar-refractivity contribution in [3.63, 3.8) is 0 Å². The predicted octanol–water partition coefficient (Wildman–Crippen LogP) is 1.05. The van der Waals surface area contributed by atoms with Gasteiger partial charge in [-0.15, -0.1) is 5.10 Å². The Labute approximate surface area is 174 Å². The zero-order valence-electron chi connectivity index (χ0n) is 15.9. The molecule has 1 saturated heterocycles. The molecule has 0 N–H and O–H groups in total. The van der Waals surface area contributed by atoms with Crippen molar-refractivity contribution in [3.05, 3.63) is 63.2 Å². The van der Waals surface area contributed by atoms with Gasteiger partial charge in [-0.3, -0.25) is 9.36 Å². The molecule has 0 radical (unpaired) electrons. The third-order valence-corrected chi connectivity index (χ3v) is 5.09. The van der Waals surface area contributed by atoms with E-state index in [-0.39, 0.29) is 30.1 Å². The van der Waals surface area contributed by atoms with Crippen LogP contribution >= 0.6 is 11.6 Å². The summed E-state index contributed by atoms with van der Waals surface area (Å²) in [5.74, 6) is -0.359. The summed E-state index contributed by atoms with van der Waals surface area (Å²) < 4.78 is 19.9. The summed E-state index contributed by atoms with van der Waals surface area (Å²) in [6.45, 7) is 0.968. The summed E-state index contributed by atoms with van der Waals surface area (Å²) >= 11 is 5.99. The van der Waals surface area contributed by atoms with Gasteiger partial charge in [-0.05, 0) is 12.1 Å². The number of aryl methyl sites for hydroxylation is 1. The molecule has 154 valence electrons. The van der Waals surface area contributed by atoms with Crippen molar-refractivity contribution in [2.75, 3.05) is 13.2 Å². The lowest BCUT2D eigenvalue weighted by Gasteiger charge is -2.26. The molecule has 11 nitrogen and oxygen atoms in total. The molecule has 1 aliphatic rings. The second-order valence-corrected chi connectivity index (χ2v) is 7.24. The van der Waals surface area contributed by atoms with E-state index in [1.54, 1.807) is 19.2 Å². The molecule has 3 aromatic heterocycles. The summed E-state index contributed by atoms with van der Waals surface area (Å²) in [6.07, 6.45) is 1.62. The number of halogens is 1. The lowest BCUT2D eigenvalue weighted by molar-refractivity contribution is -0.165. The molecule has 0 atom stereocenters. The molecule has 1 fully saturated rings. The smallest absolute Gasteiger partial charge is 0.281 e. The summed E-state index contributed by atoms with van der Waals surface area (Å²) in [5, 5.41) is 12.3. The Morgan fingerprint density at radius 1 is 1.20 bits per heavy atom. The Morgan fingerprint density at radius 2 is 1.97 bits per heavy atom. The minimum atomic E-state index is -1.01. The lowest BCUT2D eigenvalue weighted by atomic mass is 10.0. The zero-order chi connectivity index (χ0) is 20.7. The molecule has 0 aliphatic carbocycles. The van der Waals surface area contributed by atoms with Crippen LogP contribution in [-0.4, -0.2) is 47.9 Å². The van der Waals surface area contributed by atoms with Crippen LogP contribution in [0.2, 0.25) is 5.02 Å². The number of aromatic nitrogens is 7. The molecule has 12 heteroatoms. The van der Waals surface area contributed by atoms with Gasteiger partial charge in [0.1, 0.15) is 12.9 Å². The highest BCUT2D eigenvalue weighted by atomic mass is 35.5. The molecule has 4 heterocycles. The fourth-order valence-electron chi connectivity index (χ4n) is 3.40. The first kappa shape index (κ1) is 18.9. The van der Waals surface area contributed by atoms with Crippen LogP contribution in [0.15, 0.2) is 39.9 Å². The molecule has 30 heavy (non-hydrogen) atoms. The fraction of sp³-hybridized carbons (Fsp3) is 0.333. The molecule has 5 rings (SSSR count). The van der Waals surface area contributed by atoms with Crippen molar-refractivity contribution in [2.45, 2.75) is 18.8 Å². The van der Waals surface area contributed by atoms with Crippen molar-refractivity contribution >= 4 is 22.8 Å². The minimum Gasteiger partial charge on any atom is -0.343 e. The van der Waals surface area contributed by atoms with Crippen LogP contribution in [0.4, 0.5) is 0 Å². The van der Waals surface area contributed by atoms with Crippen LogP contribution in [0.3, 0.4) is 0 Å². The summed E-state index contributed by atoms with van der Waals surface area (Å²) in [5.41, 5.74) is 1.09. The topological polar surface area (TPSA) is 123 Å². The average Bonchev–Trinajstić information content (AvgIpc) is 3.47. The van der Waals surface area contributed by atoms with Crippen LogP contribution in [0.1, 0.15) is 17.3 Å². The normalized spacial score (nSPS) is 15.8. The maximum absolute atomic E-state index is 12.6. The van der Waals surface area contributed by atoms with Gasteiger partial charge in [0.15, 0.2) is 11.3 Å². The summed E-state index contributed by atoms with van der Waals surface area (Å²) in [4.78, 5) is 21.2.